The molecule has 3 rings (SSSR count). The van der Waals surface area contributed by atoms with Crippen molar-refractivity contribution in [3.63, 3.8) is 0 Å². The molecule has 0 aliphatic heterocycles. The maximum atomic E-state index is 13.8. The van der Waals surface area contributed by atoms with Crippen molar-refractivity contribution in [1.29, 1.82) is 0 Å². The number of rotatable bonds is 7. The fraction of sp³-hybridized carbons (Fsp3) is 0.318. The van der Waals surface area contributed by atoms with Gasteiger partial charge in [-0.1, -0.05) is 60.3 Å². The Labute approximate surface area is 179 Å². The van der Waals surface area contributed by atoms with E-state index in [2.05, 4.69) is 15.5 Å². The zero-order chi connectivity index (χ0) is 21.6. The number of benzene rings is 2. The van der Waals surface area contributed by atoms with Gasteiger partial charge in [-0.25, -0.2) is 9.18 Å². The minimum absolute atomic E-state index is 0.265. The smallest absolute Gasteiger partial charge is 0.408 e. The van der Waals surface area contributed by atoms with E-state index in [0.29, 0.717) is 23.0 Å². The van der Waals surface area contributed by atoms with E-state index in [0.717, 1.165) is 5.56 Å². The Kier molecular flexibility index (Phi) is 7.10. The summed E-state index contributed by atoms with van der Waals surface area (Å²) in [4.78, 5) is 12.3. The van der Waals surface area contributed by atoms with E-state index in [1.54, 1.807) is 39.0 Å². The van der Waals surface area contributed by atoms with Crippen molar-refractivity contribution in [2.45, 2.75) is 49.8 Å². The number of carbonyl (C=O) groups is 1. The number of amides is 1. The van der Waals surface area contributed by atoms with Crippen LogP contribution in [0.4, 0.5) is 9.18 Å². The Balaban J connectivity index is 1.72. The van der Waals surface area contributed by atoms with E-state index < -0.39 is 17.7 Å². The molecule has 1 amide bonds. The molecule has 0 aliphatic rings. The van der Waals surface area contributed by atoms with Gasteiger partial charge >= 0.3 is 6.09 Å². The third-order valence-electron chi connectivity index (χ3n) is 4.00. The van der Waals surface area contributed by atoms with Crippen molar-refractivity contribution in [3.05, 3.63) is 77.4 Å². The molecule has 6 nitrogen and oxygen atoms in total. The number of hydrogen-bond donors (Lipinski definition) is 1. The molecule has 158 valence electrons. The molecule has 1 heterocycles. The summed E-state index contributed by atoms with van der Waals surface area (Å²) in [6.07, 6.45) is -0.109. The molecule has 1 N–H and O–H groups in total. The number of carbonyl (C=O) groups excluding carboxylic acids is 1. The van der Waals surface area contributed by atoms with Gasteiger partial charge in [0, 0.05) is 12.2 Å². The lowest BCUT2D eigenvalue weighted by Gasteiger charge is -2.22. The number of nitrogens with one attached hydrogen (secondary N) is 1. The van der Waals surface area contributed by atoms with Gasteiger partial charge in [-0.3, -0.25) is 0 Å². The Morgan fingerprint density at radius 1 is 1.13 bits per heavy atom. The SMILES string of the molecule is CC(C)(C)OC(=O)N[C@H](Cc1ccccc1)c1nnc(SCc2ccccc2F)o1. The van der Waals surface area contributed by atoms with Crippen LogP contribution in [-0.2, 0) is 16.9 Å². The first-order chi connectivity index (χ1) is 14.3. The second kappa shape index (κ2) is 9.75. The van der Waals surface area contributed by atoms with E-state index in [-0.39, 0.29) is 11.7 Å². The largest absolute Gasteiger partial charge is 0.444 e. The average molecular weight is 430 g/mol. The zero-order valence-electron chi connectivity index (χ0n) is 17.1. The summed E-state index contributed by atoms with van der Waals surface area (Å²) in [5.74, 6) is 0.344. The van der Waals surface area contributed by atoms with Crippen LogP contribution in [0.2, 0.25) is 0 Å². The minimum atomic E-state index is -0.628. The molecule has 0 saturated heterocycles. The van der Waals surface area contributed by atoms with Gasteiger partial charge in [0.05, 0.1) is 0 Å². The molecular weight excluding hydrogens is 405 g/mol. The minimum Gasteiger partial charge on any atom is -0.444 e. The van der Waals surface area contributed by atoms with Crippen LogP contribution in [-0.4, -0.2) is 21.9 Å². The first-order valence-corrected chi connectivity index (χ1v) is 10.5. The molecule has 0 radical (unpaired) electrons. The van der Waals surface area contributed by atoms with Crippen LogP contribution in [0.1, 0.15) is 43.8 Å². The number of alkyl carbamates (subject to hydrolysis) is 1. The van der Waals surface area contributed by atoms with Crippen LogP contribution in [0.5, 0.6) is 0 Å². The molecule has 0 bridgehead atoms. The summed E-state index contributed by atoms with van der Waals surface area (Å²) in [6, 6.07) is 15.7. The van der Waals surface area contributed by atoms with Crippen molar-refractivity contribution >= 4 is 17.9 Å². The van der Waals surface area contributed by atoms with Gasteiger partial charge in [-0.2, -0.15) is 0 Å². The van der Waals surface area contributed by atoms with Gasteiger partial charge in [0.15, 0.2) is 0 Å². The lowest BCUT2D eigenvalue weighted by molar-refractivity contribution is 0.0494. The number of hydrogen-bond acceptors (Lipinski definition) is 6. The van der Waals surface area contributed by atoms with Gasteiger partial charge in [0.2, 0.25) is 5.89 Å². The Morgan fingerprint density at radius 3 is 2.53 bits per heavy atom. The number of aromatic nitrogens is 2. The summed E-state index contributed by atoms with van der Waals surface area (Å²) in [7, 11) is 0. The highest BCUT2D eigenvalue weighted by Gasteiger charge is 2.25. The van der Waals surface area contributed by atoms with Crippen LogP contribution in [0, 0.1) is 5.82 Å². The molecule has 0 fully saturated rings. The molecule has 8 heteroatoms. The van der Waals surface area contributed by atoms with E-state index in [4.69, 9.17) is 9.15 Å². The first-order valence-electron chi connectivity index (χ1n) is 9.53. The summed E-state index contributed by atoms with van der Waals surface area (Å²) >= 11 is 1.24. The summed E-state index contributed by atoms with van der Waals surface area (Å²) < 4.78 is 24.9. The highest BCUT2D eigenvalue weighted by Crippen LogP contribution is 2.26. The van der Waals surface area contributed by atoms with E-state index in [1.807, 2.05) is 30.3 Å². The second-order valence-electron chi connectivity index (χ2n) is 7.67. The van der Waals surface area contributed by atoms with Gasteiger partial charge in [0.1, 0.15) is 17.5 Å². The van der Waals surface area contributed by atoms with Gasteiger partial charge in [-0.05, 0) is 38.0 Å². The summed E-state index contributed by atoms with van der Waals surface area (Å²) in [6.45, 7) is 5.38. The summed E-state index contributed by atoms with van der Waals surface area (Å²) in [5.41, 5.74) is 0.920. The third-order valence-corrected chi connectivity index (χ3v) is 4.87. The van der Waals surface area contributed by atoms with Crippen molar-refractivity contribution in [1.82, 2.24) is 15.5 Å². The Morgan fingerprint density at radius 2 is 1.83 bits per heavy atom. The molecule has 2 aromatic carbocycles. The lowest BCUT2D eigenvalue weighted by atomic mass is 10.1. The predicted molar refractivity (Wildman–Crippen MR) is 113 cm³/mol. The average Bonchev–Trinajstić information content (AvgIpc) is 3.15. The standard InChI is InChI=1S/C22H24FN3O3S/c1-22(2,3)29-20(27)24-18(13-15-9-5-4-6-10-15)19-25-26-21(28-19)30-14-16-11-7-8-12-17(16)23/h4-12,18H,13-14H2,1-3H3,(H,24,27)/t18-/m1/s1. The van der Waals surface area contributed by atoms with Crippen LogP contribution >= 0.6 is 11.8 Å². The van der Waals surface area contributed by atoms with Crippen molar-refractivity contribution < 1.29 is 18.3 Å². The quantitative estimate of drug-likeness (QED) is 0.513. The highest BCUT2D eigenvalue weighted by atomic mass is 32.2. The maximum absolute atomic E-state index is 13.8. The topological polar surface area (TPSA) is 77.2 Å². The molecular formula is C22H24FN3O3S. The molecule has 30 heavy (non-hydrogen) atoms. The molecule has 0 saturated carbocycles. The van der Waals surface area contributed by atoms with E-state index in [9.17, 15) is 9.18 Å². The molecule has 0 aliphatic carbocycles. The van der Waals surface area contributed by atoms with Crippen LogP contribution in [0.15, 0.2) is 64.2 Å². The monoisotopic (exact) mass is 429 g/mol. The highest BCUT2D eigenvalue weighted by molar-refractivity contribution is 7.98. The van der Waals surface area contributed by atoms with Gasteiger partial charge in [0.25, 0.3) is 5.22 Å². The molecule has 0 spiro atoms. The molecule has 3 aromatic rings. The molecule has 0 unspecified atom stereocenters. The number of halogens is 1. The van der Waals surface area contributed by atoms with E-state index >= 15 is 0 Å². The van der Waals surface area contributed by atoms with Crippen LogP contribution < -0.4 is 5.32 Å². The summed E-state index contributed by atoms with van der Waals surface area (Å²) in [5, 5.41) is 11.2. The molecule has 1 aromatic heterocycles. The van der Waals surface area contributed by atoms with Crippen LogP contribution in [0.25, 0.3) is 0 Å². The molecule has 1 atom stereocenters. The number of ether oxygens (including phenoxy) is 1. The second-order valence-corrected chi connectivity index (χ2v) is 8.60. The van der Waals surface area contributed by atoms with Gasteiger partial charge < -0.3 is 14.5 Å². The Bertz CT molecular complexity index is 973. The third kappa shape index (κ3) is 6.59. The fourth-order valence-electron chi connectivity index (χ4n) is 2.67. The maximum Gasteiger partial charge on any atom is 0.408 e. The lowest BCUT2D eigenvalue weighted by Crippen LogP contribution is -2.36. The van der Waals surface area contributed by atoms with Crippen molar-refractivity contribution in [3.8, 4) is 0 Å². The Hall–Kier alpha value is -2.87. The fourth-order valence-corrected chi connectivity index (χ4v) is 3.43. The predicted octanol–water partition coefficient (Wildman–Crippen LogP) is 5.31. The van der Waals surface area contributed by atoms with Gasteiger partial charge in [-0.15, -0.1) is 10.2 Å². The van der Waals surface area contributed by atoms with Crippen LogP contribution in [0.3, 0.4) is 0 Å². The van der Waals surface area contributed by atoms with Crippen molar-refractivity contribution in [2.24, 2.45) is 0 Å². The normalized spacial score (nSPS) is 12.4. The number of nitrogens with zero attached hydrogens (tertiary/aromatic N) is 2. The first kappa shape index (κ1) is 21.8. The van der Waals surface area contributed by atoms with Crippen molar-refractivity contribution in [2.75, 3.05) is 0 Å². The van der Waals surface area contributed by atoms with E-state index in [1.165, 1.54) is 17.8 Å². The number of thioether (sulfide) groups is 1. The zero-order valence-corrected chi connectivity index (χ0v) is 17.9.